The van der Waals surface area contributed by atoms with Gasteiger partial charge in [0.05, 0.1) is 25.3 Å². The second kappa shape index (κ2) is 10.6. The number of carbonyl (C=O) groups excluding carboxylic acids is 2. The second-order valence-corrected chi connectivity index (χ2v) is 8.34. The number of carbonyl (C=O) groups is 2. The maximum absolute atomic E-state index is 13.2. The highest BCUT2D eigenvalue weighted by Crippen LogP contribution is 2.41. The van der Waals surface area contributed by atoms with E-state index in [0.29, 0.717) is 30.2 Å². The molecule has 1 unspecified atom stereocenters. The molecule has 2 aromatic rings. The summed E-state index contributed by atoms with van der Waals surface area (Å²) in [6.45, 7) is 8.73. The number of aryl methyl sites for hydroxylation is 2. The van der Waals surface area contributed by atoms with Gasteiger partial charge < -0.3 is 19.5 Å². The van der Waals surface area contributed by atoms with Gasteiger partial charge in [-0.05, 0) is 68.1 Å². The molecule has 2 aromatic carbocycles. The summed E-state index contributed by atoms with van der Waals surface area (Å²) in [6, 6.07) is 10.3. The average molecular weight is 452 g/mol. The van der Waals surface area contributed by atoms with Crippen LogP contribution in [0.3, 0.4) is 0 Å². The molecule has 1 aliphatic rings. The molecule has 0 bridgehead atoms. The van der Waals surface area contributed by atoms with E-state index in [1.54, 1.807) is 18.1 Å². The quantitative estimate of drug-likeness (QED) is 0.242. The first-order valence-corrected chi connectivity index (χ1v) is 11.5. The molecule has 1 heterocycles. The molecule has 176 valence electrons. The lowest BCUT2D eigenvalue weighted by atomic mass is 9.93. The molecule has 1 aliphatic heterocycles. The average Bonchev–Trinajstić information content (AvgIpc) is 3.05. The van der Waals surface area contributed by atoms with Crippen molar-refractivity contribution in [2.24, 2.45) is 0 Å². The minimum Gasteiger partial charge on any atom is -0.507 e. The molecule has 1 atom stereocenters. The van der Waals surface area contributed by atoms with Crippen LogP contribution in [0.1, 0.15) is 61.4 Å². The van der Waals surface area contributed by atoms with Crippen molar-refractivity contribution in [2.45, 2.75) is 53.0 Å². The van der Waals surface area contributed by atoms with E-state index in [1.807, 2.05) is 51.1 Å². The molecule has 1 fully saturated rings. The van der Waals surface area contributed by atoms with Crippen LogP contribution in [0.15, 0.2) is 42.0 Å². The SMILES string of the molecule is CCCCCN1C(=O)C(=O)/C(=C(/O)c2cc(C)c(OC)cc2C)C1c1ccc(OCC)cc1. The maximum Gasteiger partial charge on any atom is 0.295 e. The number of amides is 1. The fraction of sp³-hybridized carbons (Fsp3) is 0.407. The highest BCUT2D eigenvalue weighted by molar-refractivity contribution is 6.46. The number of benzene rings is 2. The van der Waals surface area contributed by atoms with Crippen LogP contribution in [0.5, 0.6) is 11.5 Å². The zero-order valence-corrected chi connectivity index (χ0v) is 20.1. The summed E-state index contributed by atoms with van der Waals surface area (Å²) in [4.78, 5) is 27.8. The normalized spacial score (nSPS) is 17.5. The number of nitrogens with zero attached hydrogens (tertiary/aromatic N) is 1. The molecule has 1 N–H and O–H groups in total. The lowest BCUT2D eigenvalue weighted by Gasteiger charge is -2.25. The molecule has 0 spiro atoms. The Morgan fingerprint density at radius 1 is 1.03 bits per heavy atom. The summed E-state index contributed by atoms with van der Waals surface area (Å²) >= 11 is 0. The van der Waals surface area contributed by atoms with Gasteiger partial charge in [-0.15, -0.1) is 0 Å². The van der Waals surface area contributed by atoms with Crippen molar-refractivity contribution in [3.05, 3.63) is 64.2 Å². The minimum absolute atomic E-state index is 0.119. The summed E-state index contributed by atoms with van der Waals surface area (Å²) in [5.74, 6) is 0.0246. The Balaban J connectivity index is 2.15. The Bertz CT molecular complexity index is 1050. The van der Waals surface area contributed by atoms with Gasteiger partial charge in [0.1, 0.15) is 17.3 Å². The van der Waals surface area contributed by atoms with Crippen LogP contribution >= 0.6 is 0 Å². The summed E-state index contributed by atoms with van der Waals surface area (Å²) in [5.41, 5.74) is 3.00. The Kier molecular flexibility index (Phi) is 7.79. The molecule has 6 heteroatoms. The Labute approximate surface area is 195 Å². The van der Waals surface area contributed by atoms with Gasteiger partial charge >= 0.3 is 0 Å². The van der Waals surface area contributed by atoms with Crippen LogP contribution in [0.2, 0.25) is 0 Å². The number of hydrogen-bond acceptors (Lipinski definition) is 5. The molecule has 1 saturated heterocycles. The Morgan fingerprint density at radius 3 is 2.33 bits per heavy atom. The summed E-state index contributed by atoms with van der Waals surface area (Å²) in [5, 5.41) is 11.4. The van der Waals surface area contributed by atoms with Crippen LogP contribution in [0.4, 0.5) is 0 Å². The van der Waals surface area contributed by atoms with Crippen LogP contribution in [-0.4, -0.2) is 42.0 Å². The molecule has 33 heavy (non-hydrogen) atoms. The molecule has 0 radical (unpaired) electrons. The highest BCUT2D eigenvalue weighted by Gasteiger charge is 2.45. The number of aliphatic hydroxyl groups excluding tert-OH is 1. The first-order valence-electron chi connectivity index (χ1n) is 11.5. The smallest absolute Gasteiger partial charge is 0.295 e. The predicted molar refractivity (Wildman–Crippen MR) is 129 cm³/mol. The van der Waals surface area contributed by atoms with Gasteiger partial charge in [-0.2, -0.15) is 0 Å². The van der Waals surface area contributed by atoms with Gasteiger partial charge in [0, 0.05) is 12.1 Å². The third-order valence-corrected chi connectivity index (χ3v) is 6.05. The molecule has 0 aromatic heterocycles. The fourth-order valence-electron chi connectivity index (χ4n) is 4.31. The Hall–Kier alpha value is -3.28. The van der Waals surface area contributed by atoms with Crippen molar-refractivity contribution in [1.82, 2.24) is 4.90 Å². The molecular weight excluding hydrogens is 418 g/mol. The lowest BCUT2D eigenvalue weighted by Crippen LogP contribution is -2.30. The molecule has 3 rings (SSSR count). The maximum atomic E-state index is 13.2. The van der Waals surface area contributed by atoms with Crippen LogP contribution in [0.25, 0.3) is 5.76 Å². The Morgan fingerprint density at radius 2 is 1.73 bits per heavy atom. The number of rotatable bonds is 9. The van der Waals surface area contributed by atoms with E-state index < -0.39 is 17.7 Å². The van der Waals surface area contributed by atoms with Crippen molar-refractivity contribution >= 4 is 17.4 Å². The third kappa shape index (κ3) is 4.90. The van der Waals surface area contributed by atoms with E-state index in [4.69, 9.17) is 9.47 Å². The van der Waals surface area contributed by atoms with Crippen LogP contribution in [-0.2, 0) is 9.59 Å². The van der Waals surface area contributed by atoms with Gasteiger partial charge in [0.15, 0.2) is 0 Å². The highest BCUT2D eigenvalue weighted by atomic mass is 16.5. The van der Waals surface area contributed by atoms with Crippen molar-refractivity contribution in [2.75, 3.05) is 20.3 Å². The number of methoxy groups -OCH3 is 1. The summed E-state index contributed by atoms with van der Waals surface area (Å²) in [7, 11) is 1.59. The first-order chi connectivity index (χ1) is 15.8. The number of ether oxygens (including phenoxy) is 2. The summed E-state index contributed by atoms with van der Waals surface area (Å²) < 4.78 is 10.9. The largest absolute Gasteiger partial charge is 0.507 e. The van der Waals surface area contributed by atoms with E-state index in [0.717, 1.165) is 36.0 Å². The van der Waals surface area contributed by atoms with Gasteiger partial charge in [-0.3, -0.25) is 9.59 Å². The number of hydrogen-bond donors (Lipinski definition) is 1. The zero-order valence-electron chi connectivity index (χ0n) is 20.1. The number of unbranched alkanes of at least 4 members (excludes halogenated alkanes) is 2. The van der Waals surface area contributed by atoms with E-state index in [-0.39, 0.29) is 11.3 Å². The summed E-state index contributed by atoms with van der Waals surface area (Å²) in [6.07, 6.45) is 2.75. The molecule has 6 nitrogen and oxygen atoms in total. The van der Waals surface area contributed by atoms with Crippen molar-refractivity contribution in [1.29, 1.82) is 0 Å². The molecule has 1 amide bonds. The van der Waals surface area contributed by atoms with Gasteiger partial charge in [-0.1, -0.05) is 31.9 Å². The van der Waals surface area contributed by atoms with Crippen molar-refractivity contribution < 1.29 is 24.2 Å². The third-order valence-electron chi connectivity index (χ3n) is 6.05. The monoisotopic (exact) mass is 451 g/mol. The van der Waals surface area contributed by atoms with Gasteiger partial charge in [0.25, 0.3) is 11.7 Å². The second-order valence-electron chi connectivity index (χ2n) is 8.34. The number of likely N-dealkylation sites (tertiary alicyclic amines) is 1. The lowest BCUT2D eigenvalue weighted by molar-refractivity contribution is -0.139. The topological polar surface area (TPSA) is 76.1 Å². The fourth-order valence-corrected chi connectivity index (χ4v) is 4.31. The number of ketones is 1. The van der Waals surface area contributed by atoms with Crippen molar-refractivity contribution in [3.8, 4) is 11.5 Å². The standard InChI is InChI=1S/C27H33NO5/c1-6-8-9-14-28-24(19-10-12-20(13-11-19)33-7-2)23(26(30)27(28)31)25(29)21-15-18(4)22(32-5)16-17(21)3/h10-13,15-16,24,29H,6-9,14H2,1-5H3/b25-23+. The first kappa shape index (κ1) is 24.4. The molecular formula is C27H33NO5. The minimum atomic E-state index is -0.657. The predicted octanol–water partition coefficient (Wildman–Crippen LogP) is 5.32. The van der Waals surface area contributed by atoms with Crippen LogP contribution in [0, 0.1) is 13.8 Å². The zero-order chi connectivity index (χ0) is 24.1. The van der Waals surface area contributed by atoms with E-state index in [2.05, 4.69) is 6.92 Å². The molecule has 0 aliphatic carbocycles. The van der Waals surface area contributed by atoms with Crippen molar-refractivity contribution in [3.63, 3.8) is 0 Å². The van der Waals surface area contributed by atoms with Crippen LogP contribution < -0.4 is 9.47 Å². The number of aliphatic hydroxyl groups is 1. The molecule has 0 saturated carbocycles. The van der Waals surface area contributed by atoms with E-state index >= 15 is 0 Å². The van der Waals surface area contributed by atoms with E-state index in [1.165, 1.54) is 0 Å². The van der Waals surface area contributed by atoms with Gasteiger partial charge in [0.2, 0.25) is 0 Å². The van der Waals surface area contributed by atoms with Gasteiger partial charge in [-0.25, -0.2) is 0 Å². The van der Waals surface area contributed by atoms with E-state index in [9.17, 15) is 14.7 Å². The number of Topliss-reactive ketones (excluding diaryl/α,β-unsaturated/α-hetero) is 1.